The Balaban J connectivity index is 2.06. The number of nitrogens with two attached hydrogens (primary N) is 1. The highest BCUT2D eigenvalue weighted by molar-refractivity contribution is 7.99. The Bertz CT molecular complexity index is 474. The number of aryl methyl sites for hydroxylation is 2. The van der Waals surface area contributed by atoms with Crippen LogP contribution < -0.4 is 5.73 Å². The molecule has 1 aromatic heterocycles. The Hall–Kier alpha value is -1.01. The Labute approximate surface area is 117 Å². The minimum Gasteiger partial charge on any atom is -0.468 e. The molecule has 106 valence electrons. The monoisotopic (exact) mass is 283 g/mol. The largest absolute Gasteiger partial charge is 0.468 e. The first-order valence-corrected chi connectivity index (χ1v) is 7.37. The van der Waals surface area contributed by atoms with Crippen LogP contribution in [0.3, 0.4) is 0 Å². The van der Waals surface area contributed by atoms with Crippen LogP contribution in [0.1, 0.15) is 31.4 Å². The van der Waals surface area contributed by atoms with Crippen LogP contribution in [0, 0.1) is 6.92 Å². The van der Waals surface area contributed by atoms with E-state index in [1.807, 2.05) is 18.7 Å². The number of carbonyl (C=O) groups is 1. The third-order valence-corrected chi connectivity index (χ3v) is 4.94. The summed E-state index contributed by atoms with van der Waals surface area (Å²) in [7, 11) is 3.34. The van der Waals surface area contributed by atoms with Crippen molar-refractivity contribution in [3.63, 3.8) is 0 Å². The highest BCUT2D eigenvalue weighted by Crippen LogP contribution is 2.37. The molecule has 1 saturated carbocycles. The van der Waals surface area contributed by atoms with E-state index in [2.05, 4.69) is 11.2 Å². The first-order chi connectivity index (χ1) is 8.94. The van der Waals surface area contributed by atoms with Crippen LogP contribution in [0.4, 0.5) is 0 Å². The Morgan fingerprint density at radius 2 is 2.42 bits per heavy atom. The first kappa shape index (κ1) is 14.4. The minimum atomic E-state index is -0.821. The summed E-state index contributed by atoms with van der Waals surface area (Å²) in [6, 6.07) is 2.07. The molecule has 0 aromatic carbocycles. The lowest BCUT2D eigenvalue weighted by Gasteiger charge is -2.35. The topological polar surface area (TPSA) is 70.1 Å². The second-order valence-electron chi connectivity index (χ2n) is 5.23. The predicted octanol–water partition coefficient (Wildman–Crippen LogP) is 1.63. The van der Waals surface area contributed by atoms with Gasteiger partial charge < -0.3 is 10.5 Å². The van der Waals surface area contributed by atoms with E-state index in [1.165, 1.54) is 7.11 Å². The maximum Gasteiger partial charge on any atom is 0.325 e. The molecule has 19 heavy (non-hydrogen) atoms. The zero-order chi connectivity index (χ0) is 14.0. The lowest BCUT2D eigenvalue weighted by molar-refractivity contribution is -0.148. The van der Waals surface area contributed by atoms with Gasteiger partial charge in [-0.1, -0.05) is 0 Å². The lowest BCUT2D eigenvalue weighted by Crippen LogP contribution is -2.52. The molecule has 1 aliphatic carbocycles. The molecular formula is C13H21N3O2S. The summed E-state index contributed by atoms with van der Waals surface area (Å²) in [6.07, 6.45) is 3.40. The molecule has 0 aliphatic heterocycles. The van der Waals surface area contributed by atoms with Gasteiger partial charge in [-0.2, -0.15) is 5.10 Å². The fourth-order valence-electron chi connectivity index (χ4n) is 2.61. The average molecular weight is 283 g/mol. The van der Waals surface area contributed by atoms with E-state index in [0.717, 1.165) is 23.6 Å². The van der Waals surface area contributed by atoms with Crippen molar-refractivity contribution in [2.24, 2.45) is 12.8 Å². The summed E-state index contributed by atoms with van der Waals surface area (Å²) in [5.74, 6) is -0.293. The van der Waals surface area contributed by atoms with Gasteiger partial charge in [-0.05, 0) is 38.7 Å². The molecule has 0 bridgehead atoms. The molecule has 2 N–H and O–H groups in total. The number of rotatable bonds is 3. The lowest BCUT2D eigenvalue weighted by atomic mass is 9.82. The molecular weight excluding hydrogens is 262 g/mol. The van der Waals surface area contributed by atoms with E-state index in [0.29, 0.717) is 18.1 Å². The average Bonchev–Trinajstić information content (AvgIpc) is 2.67. The summed E-state index contributed by atoms with van der Waals surface area (Å²) in [5.41, 5.74) is 6.38. The molecule has 2 unspecified atom stereocenters. The zero-order valence-corrected chi connectivity index (χ0v) is 12.5. The van der Waals surface area contributed by atoms with Crippen molar-refractivity contribution in [2.45, 2.75) is 48.4 Å². The predicted molar refractivity (Wildman–Crippen MR) is 75.0 cm³/mol. The molecule has 0 spiro atoms. The number of hydrogen-bond acceptors (Lipinski definition) is 5. The third-order valence-electron chi connectivity index (χ3n) is 3.58. The van der Waals surface area contributed by atoms with E-state index in [1.54, 1.807) is 11.8 Å². The number of thioether (sulfide) groups is 1. The quantitative estimate of drug-likeness (QED) is 0.854. The Kier molecular flexibility index (Phi) is 4.20. The second-order valence-corrected chi connectivity index (χ2v) is 6.55. The van der Waals surface area contributed by atoms with Crippen LogP contribution in [0.5, 0.6) is 0 Å². The highest BCUT2D eigenvalue weighted by Gasteiger charge is 2.40. The van der Waals surface area contributed by atoms with Crippen molar-refractivity contribution in [3.05, 3.63) is 11.8 Å². The minimum absolute atomic E-state index is 0.293. The fourth-order valence-corrected chi connectivity index (χ4v) is 4.05. The Morgan fingerprint density at radius 3 is 3.00 bits per heavy atom. The molecule has 1 aromatic rings. The van der Waals surface area contributed by atoms with Gasteiger partial charge in [-0.3, -0.25) is 9.48 Å². The van der Waals surface area contributed by atoms with Gasteiger partial charge in [0.05, 0.1) is 17.8 Å². The number of methoxy groups -OCH3 is 1. The van der Waals surface area contributed by atoms with Crippen LogP contribution in [-0.2, 0) is 16.6 Å². The van der Waals surface area contributed by atoms with Gasteiger partial charge in [0.1, 0.15) is 5.54 Å². The molecule has 1 heterocycles. The zero-order valence-electron chi connectivity index (χ0n) is 11.7. The molecule has 0 saturated heterocycles. The van der Waals surface area contributed by atoms with Crippen LogP contribution in [0.25, 0.3) is 0 Å². The van der Waals surface area contributed by atoms with Crippen molar-refractivity contribution >= 4 is 17.7 Å². The standard InChI is InChI=1S/C13H21N3O2S/c1-9-7-11(16(2)15-9)19-10-5-4-6-13(14,8-10)12(17)18-3/h7,10H,4-6,8,14H2,1-3H3. The Morgan fingerprint density at radius 1 is 1.68 bits per heavy atom. The molecule has 2 rings (SSSR count). The summed E-state index contributed by atoms with van der Waals surface area (Å²) in [6.45, 7) is 1.98. The number of nitrogens with zero attached hydrogens (tertiary/aromatic N) is 2. The van der Waals surface area contributed by atoms with Gasteiger partial charge in [0.15, 0.2) is 0 Å². The maximum absolute atomic E-state index is 11.8. The summed E-state index contributed by atoms with van der Waals surface area (Å²) < 4.78 is 6.71. The normalized spacial score (nSPS) is 27.3. The third kappa shape index (κ3) is 3.12. The van der Waals surface area contributed by atoms with E-state index in [-0.39, 0.29) is 5.97 Å². The van der Waals surface area contributed by atoms with Crippen molar-refractivity contribution < 1.29 is 9.53 Å². The summed E-state index contributed by atoms with van der Waals surface area (Å²) in [5, 5.41) is 5.80. The van der Waals surface area contributed by atoms with Crippen molar-refractivity contribution in [1.82, 2.24) is 9.78 Å². The van der Waals surface area contributed by atoms with Crippen molar-refractivity contribution in [3.8, 4) is 0 Å². The van der Waals surface area contributed by atoms with E-state index < -0.39 is 5.54 Å². The molecule has 0 amide bonds. The molecule has 1 aliphatic rings. The molecule has 0 radical (unpaired) electrons. The molecule has 5 nitrogen and oxygen atoms in total. The van der Waals surface area contributed by atoms with Crippen LogP contribution in [-0.4, -0.2) is 33.6 Å². The van der Waals surface area contributed by atoms with Crippen LogP contribution in [0.2, 0.25) is 0 Å². The number of ether oxygens (including phenoxy) is 1. The molecule has 1 fully saturated rings. The van der Waals surface area contributed by atoms with Crippen LogP contribution in [0.15, 0.2) is 11.1 Å². The number of hydrogen-bond donors (Lipinski definition) is 1. The van der Waals surface area contributed by atoms with E-state index >= 15 is 0 Å². The van der Waals surface area contributed by atoms with Crippen molar-refractivity contribution in [1.29, 1.82) is 0 Å². The van der Waals surface area contributed by atoms with Crippen LogP contribution >= 0.6 is 11.8 Å². The van der Waals surface area contributed by atoms with Gasteiger partial charge in [-0.15, -0.1) is 11.8 Å². The maximum atomic E-state index is 11.8. The second kappa shape index (κ2) is 5.54. The van der Waals surface area contributed by atoms with Gasteiger partial charge >= 0.3 is 5.97 Å². The number of esters is 1. The van der Waals surface area contributed by atoms with Gasteiger partial charge in [0, 0.05) is 12.3 Å². The van der Waals surface area contributed by atoms with Gasteiger partial charge in [0.2, 0.25) is 0 Å². The number of carbonyl (C=O) groups excluding carboxylic acids is 1. The number of aromatic nitrogens is 2. The summed E-state index contributed by atoms with van der Waals surface area (Å²) >= 11 is 1.75. The van der Waals surface area contributed by atoms with Crippen molar-refractivity contribution in [2.75, 3.05) is 7.11 Å². The smallest absolute Gasteiger partial charge is 0.325 e. The van der Waals surface area contributed by atoms with Gasteiger partial charge in [0.25, 0.3) is 0 Å². The molecule has 2 atom stereocenters. The van der Waals surface area contributed by atoms with E-state index in [4.69, 9.17) is 10.5 Å². The molecule has 6 heteroatoms. The highest BCUT2D eigenvalue weighted by atomic mass is 32.2. The van der Waals surface area contributed by atoms with E-state index in [9.17, 15) is 4.79 Å². The first-order valence-electron chi connectivity index (χ1n) is 6.49. The van der Waals surface area contributed by atoms with Gasteiger partial charge in [-0.25, -0.2) is 0 Å². The summed E-state index contributed by atoms with van der Waals surface area (Å²) in [4.78, 5) is 11.8. The SMILES string of the molecule is COC(=O)C1(N)CCCC(Sc2cc(C)nn2C)C1. The fraction of sp³-hybridized carbons (Fsp3) is 0.692.